The van der Waals surface area contributed by atoms with Gasteiger partial charge >= 0.3 is 5.97 Å². The van der Waals surface area contributed by atoms with Crippen LogP contribution in [0.1, 0.15) is 37.7 Å². The lowest BCUT2D eigenvalue weighted by molar-refractivity contribution is -0.142. The average Bonchev–Trinajstić information content (AvgIpc) is 2.56. The molecule has 1 aromatic carbocycles. The lowest BCUT2D eigenvalue weighted by atomic mass is 9.94. The molecule has 2 rings (SSSR count). The molecule has 126 valence electrons. The van der Waals surface area contributed by atoms with Crippen LogP contribution in [0.5, 0.6) is 0 Å². The first-order valence-electron chi connectivity index (χ1n) is 8.32. The third-order valence-corrected chi connectivity index (χ3v) is 4.51. The lowest BCUT2D eigenvalue weighted by Crippen LogP contribution is -2.48. The van der Waals surface area contributed by atoms with Gasteiger partial charge in [0.25, 0.3) is 0 Å². The fourth-order valence-electron chi connectivity index (χ4n) is 3.17. The second-order valence-corrected chi connectivity index (χ2v) is 6.36. The molecule has 0 aromatic heterocycles. The minimum absolute atomic E-state index is 0.221. The number of carboxylic acids is 1. The molecule has 5 nitrogen and oxygen atoms in total. The fourth-order valence-corrected chi connectivity index (χ4v) is 3.17. The van der Waals surface area contributed by atoms with Crippen LogP contribution in [0.15, 0.2) is 30.3 Å². The first kappa shape index (κ1) is 17.5. The van der Waals surface area contributed by atoms with Crippen LogP contribution in [-0.4, -0.2) is 47.6 Å². The standard InChI is InChI=1S/C18H26N2O3/c1-20(15-10-6-3-7-11-15)13-17(21)19-16(18(22)23)12-14-8-4-2-5-9-14/h2,4-5,8-9,15-16H,3,6-7,10-13H2,1H3,(H,19,21)(H,22,23)/t16-/m0/s1. The molecule has 0 aliphatic heterocycles. The van der Waals surface area contributed by atoms with Crippen molar-refractivity contribution in [3.05, 3.63) is 35.9 Å². The Balaban J connectivity index is 1.86. The van der Waals surface area contributed by atoms with Crippen LogP contribution >= 0.6 is 0 Å². The highest BCUT2D eigenvalue weighted by atomic mass is 16.4. The average molecular weight is 318 g/mol. The molecule has 0 heterocycles. The van der Waals surface area contributed by atoms with Crippen molar-refractivity contribution in [2.45, 2.75) is 50.6 Å². The van der Waals surface area contributed by atoms with Crippen molar-refractivity contribution in [1.82, 2.24) is 10.2 Å². The van der Waals surface area contributed by atoms with Gasteiger partial charge in [0.2, 0.25) is 5.91 Å². The normalized spacial score (nSPS) is 17.0. The summed E-state index contributed by atoms with van der Waals surface area (Å²) >= 11 is 0. The number of rotatable bonds is 7. The third-order valence-electron chi connectivity index (χ3n) is 4.51. The summed E-state index contributed by atoms with van der Waals surface area (Å²) in [6.07, 6.45) is 6.24. The number of nitrogens with zero attached hydrogens (tertiary/aromatic N) is 1. The van der Waals surface area contributed by atoms with Crippen LogP contribution in [0, 0.1) is 0 Å². The van der Waals surface area contributed by atoms with E-state index in [1.165, 1.54) is 19.3 Å². The van der Waals surface area contributed by atoms with E-state index in [-0.39, 0.29) is 12.5 Å². The van der Waals surface area contributed by atoms with Gasteiger partial charge in [-0.1, -0.05) is 49.6 Å². The van der Waals surface area contributed by atoms with Crippen LogP contribution in [-0.2, 0) is 16.0 Å². The molecule has 1 aliphatic carbocycles. The number of aliphatic carboxylic acids is 1. The number of carbonyl (C=O) groups is 2. The van der Waals surface area contributed by atoms with E-state index in [2.05, 4.69) is 10.2 Å². The Labute approximate surface area is 137 Å². The first-order valence-corrected chi connectivity index (χ1v) is 8.32. The van der Waals surface area contributed by atoms with E-state index in [0.29, 0.717) is 12.5 Å². The number of benzene rings is 1. The van der Waals surface area contributed by atoms with Crippen molar-refractivity contribution in [2.24, 2.45) is 0 Å². The Morgan fingerprint density at radius 1 is 1.22 bits per heavy atom. The molecule has 0 unspecified atom stereocenters. The highest BCUT2D eigenvalue weighted by molar-refractivity contribution is 5.84. The van der Waals surface area contributed by atoms with E-state index in [9.17, 15) is 14.7 Å². The number of hydrogen-bond donors (Lipinski definition) is 2. The van der Waals surface area contributed by atoms with Crippen LogP contribution in [0.3, 0.4) is 0 Å². The Kier molecular flexibility index (Phi) is 6.59. The molecular formula is C18H26N2O3. The Morgan fingerprint density at radius 2 is 1.87 bits per heavy atom. The molecule has 1 fully saturated rings. The number of carbonyl (C=O) groups excluding carboxylic acids is 1. The van der Waals surface area contributed by atoms with Crippen molar-refractivity contribution in [2.75, 3.05) is 13.6 Å². The van der Waals surface area contributed by atoms with Gasteiger partial charge in [-0.25, -0.2) is 4.79 Å². The SMILES string of the molecule is CN(CC(=O)N[C@@H](Cc1ccccc1)C(=O)O)C1CCCCC1. The van der Waals surface area contributed by atoms with Gasteiger partial charge in [-0.3, -0.25) is 9.69 Å². The van der Waals surface area contributed by atoms with Crippen LogP contribution in [0.2, 0.25) is 0 Å². The Morgan fingerprint density at radius 3 is 2.48 bits per heavy atom. The van der Waals surface area contributed by atoms with Crippen LogP contribution in [0.4, 0.5) is 0 Å². The summed E-state index contributed by atoms with van der Waals surface area (Å²) in [6.45, 7) is 0.253. The summed E-state index contributed by atoms with van der Waals surface area (Å²) in [6, 6.07) is 8.92. The number of carboxylic acid groups (broad SMARTS) is 1. The van der Waals surface area contributed by atoms with Gasteiger partial charge < -0.3 is 10.4 Å². The van der Waals surface area contributed by atoms with Gasteiger partial charge in [0.05, 0.1) is 6.54 Å². The molecule has 1 aromatic rings. The maximum absolute atomic E-state index is 12.2. The summed E-state index contributed by atoms with van der Waals surface area (Å²) in [5.74, 6) is -1.22. The summed E-state index contributed by atoms with van der Waals surface area (Å²) < 4.78 is 0. The fraction of sp³-hybridized carbons (Fsp3) is 0.556. The van der Waals surface area contributed by atoms with E-state index >= 15 is 0 Å². The third kappa shape index (κ3) is 5.67. The van der Waals surface area contributed by atoms with Crippen molar-refractivity contribution in [3.8, 4) is 0 Å². The zero-order valence-electron chi connectivity index (χ0n) is 13.7. The second-order valence-electron chi connectivity index (χ2n) is 6.36. The smallest absolute Gasteiger partial charge is 0.326 e. The molecule has 23 heavy (non-hydrogen) atoms. The highest BCUT2D eigenvalue weighted by Gasteiger charge is 2.23. The van der Waals surface area contributed by atoms with E-state index in [1.54, 1.807) is 0 Å². The van der Waals surface area contributed by atoms with Gasteiger partial charge in [0.1, 0.15) is 6.04 Å². The van der Waals surface area contributed by atoms with Crippen molar-refractivity contribution in [1.29, 1.82) is 0 Å². The summed E-state index contributed by atoms with van der Waals surface area (Å²) in [4.78, 5) is 25.6. The van der Waals surface area contributed by atoms with Crippen LogP contribution in [0.25, 0.3) is 0 Å². The molecule has 0 bridgehead atoms. The molecule has 5 heteroatoms. The molecule has 1 aliphatic rings. The lowest BCUT2D eigenvalue weighted by Gasteiger charge is -2.30. The van der Waals surface area contributed by atoms with Gasteiger partial charge in [-0.2, -0.15) is 0 Å². The van der Waals surface area contributed by atoms with E-state index in [4.69, 9.17) is 0 Å². The van der Waals surface area contributed by atoms with Gasteiger partial charge in [-0.15, -0.1) is 0 Å². The number of nitrogens with one attached hydrogen (secondary N) is 1. The van der Waals surface area contributed by atoms with Gasteiger partial charge in [0, 0.05) is 12.5 Å². The minimum Gasteiger partial charge on any atom is -0.480 e. The zero-order valence-corrected chi connectivity index (χ0v) is 13.7. The predicted octanol–water partition coefficient (Wildman–Crippen LogP) is 2.06. The largest absolute Gasteiger partial charge is 0.480 e. The maximum atomic E-state index is 12.2. The van der Waals surface area contributed by atoms with Gasteiger partial charge in [-0.05, 0) is 25.5 Å². The molecule has 1 atom stereocenters. The predicted molar refractivity (Wildman–Crippen MR) is 89.2 cm³/mol. The Hall–Kier alpha value is -1.88. The topological polar surface area (TPSA) is 69.6 Å². The van der Waals surface area contributed by atoms with Crippen molar-refractivity contribution >= 4 is 11.9 Å². The molecule has 1 amide bonds. The molecule has 2 N–H and O–H groups in total. The van der Waals surface area contributed by atoms with E-state index in [1.807, 2.05) is 37.4 Å². The quantitative estimate of drug-likeness (QED) is 0.807. The van der Waals surface area contributed by atoms with Crippen molar-refractivity contribution < 1.29 is 14.7 Å². The molecule has 1 saturated carbocycles. The number of likely N-dealkylation sites (N-methyl/N-ethyl adjacent to an activating group) is 1. The molecule has 0 spiro atoms. The first-order chi connectivity index (χ1) is 11.1. The second kappa shape index (κ2) is 8.67. The maximum Gasteiger partial charge on any atom is 0.326 e. The van der Waals surface area contributed by atoms with E-state index in [0.717, 1.165) is 18.4 Å². The summed E-state index contributed by atoms with van der Waals surface area (Å²) in [5, 5.41) is 12.0. The van der Waals surface area contributed by atoms with E-state index < -0.39 is 12.0 Å². The zero-order chi connectivity index (χ0) is 16.7. The van der Waals surface area contributed by atoms with Crippen LogP contribution < -0.4 is 5.32 Å². The monoisotopic (exact) mass is 318 g/mol. The van der Waals surface area contributed by atoms with Crippen molar-refractivity contribution in [3.63, 3.8) is 0 Å². The van der Waals surface area contributed by atoms with Gasteiger partial charge in [0.15, 0.2) is 0 Å². The molecule has 0 radical (unpaired) electrons. The highest BCUT2D eigenvalue weighted by Crippen LogP contribution is 2.21. The minimum atomic E-state index is -0.998. The number of amides is 1. The Bertz CT molecular complexity index is 512. The number of hydrogen-bond acceptors (Lipinski definition) is 3. The molecular weight excluding hydrogens is 292 g/mol. The summed E-state index contributed by atoms with van der Waals surface area (Å²) in [7, 11) is 1.95. The molecule has 0 saturated heterocycles. The summed E-state index contributed by atoms with van der Waals surface area (Å²) in [5.41, 5.74) is 0.904.